The molecule has 0 aromatic carbocycles. The van der Waals surface area contributed by atoms with Crippen LogP contribution in [-0.4, -0.2) is 104 Å². The summed E-state index contributed by atoms with van der Waals surface area (Å²) in [6, 6.07) is -1.51. The highest BCUT2D eigenvalue weighted by Crippen LogP contribution is 2.48. The van der Waals surface area contributed by atoms with Gasteiger partial charge in [0.1, 0.15) is 24.4 Å². The molecule has 18 nitrogen and oxygen atoms in total. The van der Waals surface area contributed by atoms with E-state index in [2.05, 4.69) is 30.1 Å². The fourth-order valence-corrected chi connectivity index (χ4v) is 6.70. The number of ether oxygens (including phenoxy) is 8. The number of aliphatic hydroxyl groups excluding tert-OH is 1. The molecular weight excluding hydrogens is 558 g/mol. The van der Waals surface area contributed by atoms with E-state index in [1.807, 2.05) is 0 Å². The van der Waals surface area contributed by atoms with Gasteiger partial charge in [0.15, 0.2) is 12.1 Å². The van der Waals surface area contributed by atoms with Crippen LogP contribution in [0.5, 0.6) is 0 Å². The first-order valence-corrected chi connectivity index (χ1v) is 14.1. The first-order valence-electron chi connectivity index (χ1n) is 14.1. The van der Waals surface area contributed by atoms with Crippen molar-refractivity contribution < 1.29 is 43.0 Å². The molecule has 5 rings (SSSR count). The summed E-state index contributed by atoms with van der Waals surface area (Å²) in [5.41, 5.74) is 27.6. The maximum Gasteiger partial charge on any atom is 0.220 e. The smallest absolute Gasteiger partial charge is 0.220 e. The van der Waals surface area contributed by atoms with Gasteiger partial charge in [0.25, 0.3) is 0 Å². The quantitative estimate of drug-likeness (QED) is 0.245. The lowest BCUT2D eigenvalue weighted by Crippen LogP contribution is -2.73. The van der Waals surface area contributed by atoms with Crippen LogP contribution < -0.4 is 0 Å². The van der Waals surface area contributed by atoms with Gasteiger partial charge in [0.05, 0.1) is 36.9 Å². The Balaban J connectivity index is 1.46. The summed E-state index contributed by atoms with van der Waals surface area (Å²) in [6.45, 7) is 3.06. The van der Waals surface area contributed by atoms with Crippen molar-refractivity contribution in [3.8, 4) is 0 Å². The van der Waals surface area contributed by atoms with Gasteiger partial charge in [0, 0.05) is 41.8 Å². The van der Waals surface area contributed by atoms with Crippen molar-refractivity contribution in [1.29, 1.82) is 0 Å². The minimum atomic E-state index is -1.45. The maximum atomic E-state index is 11.5. The van der Waals surface area contributed by atoms with E-state index >= 15 is 0 Å². The zero-order valence-corrected chi connectivity index (χ0v) is 24.0. The highest BCUT2D eigenvalue weighted by Gasteiger charge is 2.64. The predicted octanol–water partition coefficient (Wildman–Crippen LogP) is 3.48. The Morgan fingerprint density at radius 2 is 1.43 bits per heavy atom. The van der Waals surface area contributed by atoms with Gasteiger partial charge in [-0.1, -0.05) is 21.8 Å². The summed E-state index contributed by atoms with van der Waals surface area (Å²) in [6.07, 6.45) is -3.82. The van der Waals surface area contributed by atoms with Crippen LogP contribution in [0.1, 0.15) is 52.4 Å². The summed E-state index contributed by atoms with van der Waals surface area (Å²) < 4.78 is 49.2. The molecular formula is C24H37N9O9. The fourth-order valence-electron chi connectivity index (χ4n) is 6.70. The van der Waals surface area contributed by atoms with E-state index in [-0.39, 0.29) is 13.0 Å². The number of aliphatic hydroxyl groups is 1. The Morgan fingerprint density at radius 3 is 2.05 bits per heavy atom. The van der Waals surface area contributed by atoms with Gasteiger partial charge in [0.2, 0.25) is 11.6 Å². The fraction of sp³-hybridized carbons (Fsp3) is 1.00. The molecule has 0 bridgehead atoms. The number of azide groups is 3. The topological polar surface area (TPSA) is 240 Å². The molecule has 2 aliphatic carbocycles. The highest BCUT2D eigenvalue weighted by atomic mass is 16.8. The molecule has 1 N–H and O–H groups in total. The Hall–Kier alpha value is -2.43. The van der Waals surface area contributed by atoms with Gasteiger partial charge in [-0.15, -0.1) is 0 Å². The van der Waals surface area contributed by atoms with E-state index in [0.29, 0.717) is 12.8 Å². The van der Waals surface area contributed by atoms with E-state index < -0.39 is 78.5 Å². The Bertz CT molecular complexity index is 1140. The largest absolute Gasteiger partial charge is 0.385 e. The Kier molecular flexibility index (Phi) is 9.07. The van der Waals surface area contributed by atoms with Crippen molar-refractivity contribution in [2.75, 3.05) is 20.8 Å². The minimum Gasteiger partial charge on any atom is -0.385 e. The first kappa shape index (κ1) is 31.0. The molecule has 3 heterocycles. The number of nitrogens with zero attached hydrogens (tertiary/aromatic N) is 9. The zero-order chi connectivity index (χ0) is 30.1. The van der Waals surface area contributed by atoms with Gasteiger partial charge in [-0.25, -0.2) is 0 Å². The van der Waals surface area contributed by atoms with Crippen LogP contribution in [0, 0.1) is 0 Å². The van der Waals surface area contributed by atoms with Crippen LogP contribution in [0.2, 0.25) is 0 Å². The third-order valence-corrected chi connectivity index (χ3v) is 9.16. The van der Waals surface area contributed by atoms with Crippen LogP contribution in [0.4, 0.5) is 0 Å². The third kappa shape index (κ3) is 5.39. The number of fused-ring (bicyclic) bond motifs is 2. The van der Waals surface area contributed by atoms with E-state index in [1.54, 1.807) is 13.8 Å². The molecule has 232 valence electrons. The van der Waals surface area contributed by atoms with E-state index in [4.69, 9.17) is 43.4 Å². The summed E-state index contributed by atoms with van der Waals surface area (Å²) in [4.78, 5) is 8.81. The minimum absolute atomic E-state index is 0.129. The van der Waals surface area contributed by atoms with Crippen molar-refractivity contribution in [2.24, 2.45) is 15.3 Å². The lowest BCUT2D eigenvalue weighted by atomic mass is 9.84. The van der Waals surface area contributed by atoms with E-state index in [0.717, 1.165) is 19.3 Å². The van der Waals surface area contributed by atoms with Crippen molar-refractivity contribution in [2.45, 2.75) is 131 Å². The Labute approximate surface area is 241 Å². The van der Waals surface area contributed by atoms with Crippen LogP contribution >= 0.6 is 0 Å². The van der Waals surface area contributed by atoms with Crippen molar-refractivity contribution in [3.05, 3.63) is 31.3 Å². The van der Waals surface area contributed by atoms with Crippen molar-refractivity contribution in [1.82, 2.24) is 0 Å². The lowest BCUT2D eigenvalue weighted by Gasteiger charge is -2.57. The van der Waals surface area contributed by atoms with Crippen LogP contribution in [-0.2, 0) is 37.9 Å². The molecule has 5 fully saturated rings. The molecule has 3 aliphatic heterocycles. The molecule has 2 saturated carbocycles. The molecule has 18 heteroatoms. The van der Waals surface area contributed by atoms with Gasteiger partial charge < -0.3 is 43.0 Å². The van der Waals surface area contributed by atoms with Crippen LogP contribution in [0.3, 0.4) is 0 Å². The molecule has 0 amide bonds. The number of hydrogen-bond donors (Lipinski definition) is 1. The monoisotopic (exact) mass is 595 g/mol. The van der Waals surface area contributed by atoms with Crippen LogP contribution in [0.15, 0.2) is 15.3 Å². The second-order valence-electron chi connectivity index (χ2n) is 11.4. The second-order valence-corrected chi connectivity index (χ2v) is 11.4. The number of rotatable bonds is 8. The van der Waals surface area contributed by atoms with Crippen LogP contribution in [0.25, 0.3) is 31.3 Å². The van der Waals surface area contributed by atoms with E-state index in [9.17, 15) is 16.2 Å². The maximum absolute atomic E-state index is 11.5. The molecule has 5 aliphatic rings. The Morgan fingerprint density at radius 1 is 0.810 bits per heavy atom. The van der Waals surface area contributed by atoms with Gasteiger partial charge >= 0.3 is 0 Å². The lowest BCUT2D eigenvalue weighted by molar-refractivity contribution is -0.479. The van der Waals surface area contributed by atoms with E-state index in [1.165, 1.54) is 14.2 Å². The number of hydrogen-bond acceptors (Lipinski definition) is 12. The molecule has 42 heavy (non-hydrogen) atoms. The highest BCUT2D eigenvalue weighted by molar-refractivity contribution is 5.08. The predicted molar refractivity (Wildman–Crippen MR) is 140 cm³/mol. The average Bonchev–Trinajstić information content (AvgIpc) is 3.35. The van der Waals surface area contributed by atoms with Crippen molar-refractivity contribution >= 4 is 0 Å². The van der Waals surface area contributed by atoms with Crippen molar-refractivity contribution in [3.63, 3.8) is 0 Å². The summed E-state index contributed by atoms with van der Waals surface area (Å²) in [5.74, 6) is -3.73. The van der Waals surface area contributed by atoms with Gasteiger partial charge in [-0.2, -0.15) is 0 Å². The molecule has 0 radical (unpaired) electrons. The molecule has 0 unspecified atom stereocenters. The molecule has 1 spiro atoms. The molecule has 12 atom stereocenters. The summed E-state index contributed by atoms with van der Waals surface area (Å²) >= 11 is 0. The molecule has 3 saturated heterocycles. The average molecular weight is 596 g/mol. The summed E-state index contributed by atoms with van der Waals surface area (Å²) in [7, 11) is 2.85. The SMILES string of the molecule is CO[C@@]1(C)O[C@@H]2[C@H](O)[C@@H](O[C@H]3[C@@H]4OC5(CCCCC5)O[C@H]4[C@H](N=[N+]=[N-])C[C@@H]3N=[N+]=[N-])O[C@H](CN=[N+]=[N-])[C@H]2O[C@]1(C)OC. The zero-order valence-electron chi connectivity index (χ0n) is 24.0. The first-order chi connectivity index (χ1) is 20.2. The van der Waals surface area contributed by atoms with Gasteiger partial charge in [-0.3, -0.25) is 0 Å². The summed E-state index contributed by atoms with van der Waals surface area (Å²) in [5, 5.41) is 23.1. The molecule has 0 aromatic rings. The normalized spacial score (nSPS) is 45.9. The third-order valence-electron chi connectivity index (χ3n) is 9.16. The standard InChI is InChI=1S/C24H37N9O9/c1-22(35-3)23(2,36-4)40-19-15(34)21(37-14(11-28-31-25)18(19)39-22)38-16-12(29-32-26)10-13(30-33-27)17-20(16)42-24(41-17)8-6-5-7-9-24/h12-21,34H,5-11H2,1-4H3/t12-,13+,14+,15-,16+,17-,18+,19+,20-,21+,22-,23-/m0/s1. The van der Waals surface area contributed by atoms with Gasteiger partial charge in [-0.05, 0) is 49.7 Å². The number of methoxy groups -OCH3 is 2. The second kappa shape index (κ2) is 12.3. The molecule has 0 aromatic heterocycles.